The van der Waals surface area contributed by atoms with Crippen LogP contribution in [0.2, 0.25) is 0 Å². The number of imidazole rings is 1. The van der Waals surface area contributed by atoms with Gasteiger partial charge in [0.25, 0.3) is 5.91 Å². The predicted molar refractivity (Wildman–Crippen MR) is 115 cm³/mol. The number of ether oxygens (including phenoxy) is 1. The van der Waals surface area contributed by atoms with Crippen molar-refractivity contribution in [1.29, 1.82) is 0 Å². The third kappa shape index (κ3) is 4.23. The molecule has 2 aromatic heterocycles. The van der Waals surface area contributed by atoms with Crippen molar-refractivity contribution in [3.05, 3.63) is 54.2 Å². The van der Waals surface area contributed by atoms with Crippen molar-refractivity contribution in [2.75, 3.05) is 39.8 Å². The van der Waals surface area contributed by atoms with E-state index >= 15 is 0 Å². The average molecular weight is 409 g/mol. The van der Waals surface area contributed by atoms with E-state index in [0.29, 0.717) is 24.5 Å². The van der Waals surface area contributed by atoms with E-state index in [0.717, 1.165) is 49.7 Å². The van der Waals surface area contributed by atoms with Crippen LogP contribution >= 0.6 is 0 Å². The van der Waals surface area contributed by atoms with Gasteiger partial charge in [0.1, 0.15) is 17.3 Å². The molecule has 0 bridgehead atoms. The van der Waals surface area contributed by atoms with Crippen LogP contribution in [0.1, 0.15) is 23.2 Å². The number of nitrogens with zero attached hydrogens (tertiary/aromatic N) is 5. The van der Waals surface area contributed by atoms with Crippen LogP contribution in [0.15, 0.2) is 42.7 Å². The molecule has 0 unspecified atom stereocenters. The van der Waals surface area contributed by atoms with Gasteiger partial charge in [0, 0.05) is 63.6 Å². The van der Waals surface area contributed by atoms with Crippen LogP contribution in [-0.4, -0.2) is 75.3 Å². The van der Waals surface area contributed by atoms with Gasteiger partial charge in [-0.05, 0) is 18.2 Å². The lowest BCUT2D eigenvalue weighted by Crippen LogP contribution is -2.49. The van der Waals surface area contributed by atoms with Crippen LogP contribution in [0.5, 0.6) is 5.75 Å². The molecule has 8 nitrogen and oxygen atoms in total. The summed E-state index contributed by atoms with van der Waals surface area (Å²) < 4.78 is 7.61. The summed E-state index contributed by atoms with van der Waals surface area (Å²) >= 11 is 0. The van der Waals surface area contributed by atoms with Crippen molar-refractivity contribution >= 4 is 5.91 Å². The van der Waals surface area contributed by atoms with Gasteiger partial charge in [-0.15, -0.1) is 0 Å². The predicted octanol–water partition coefficient (Wildman–Crippen LogP) is 2.30. The van der Waals surface area contributed by atoms with E-state index in [9.17, 15) is 4.79 Å². The second-order valence-electron chi connectivity index (χ2n) is 7.39. The first-order valence-corrected chi connectivity index (χ1v) is 10.4. The number of aryl methyl sites for hydroxylation is 1. The molecule has 4 rings (SSSR count). The van der Waals surface area contributed by atoms with E-state index < -0.39 is 0 Å². The average Bonchev–Trinajstić information content (AvgIpc) is 3.47. The monoisotopic (exact) mass is 408 g/mol. The van der Waals surface area contributed by atoms with Crippen LogP contribution in [0.25, 0.3) is 11.3 Å². The van der Waals surface area contributed by atoms with E-state index in [1.807, 2.05) is 41.6 Å². The van der Waals surface area contributed by atoms with E-state index in [-0.39, 0.29) is 5.91 Å². The number of aromatic amines is 1. The minimum Gasteiger partial charge on any atom is -0.496 e. The Bertz CT molecular complexity index is 987. The van der Waals surface area contributed by atoms with Gasteiger partial charge in [0.05, 0.1) is 12.8 Å². The van der Waals surface area contributed by atoms with Crippen molar-refractivity contribution in [3.63, 3.8) is 0 Å². The van der Waals surface area contributed by atoms with Gasteiger partial charge in [-0.25, -0.2) is 4.98 Å². The van der Waals surface area contributed by atoms with Crippen LogP contribution < -0.4 is 4.74 Å². The van der Waals surface area contributed by atoms with Crippen molar-refractivity contribution < 1.29 is 9.53 Å². The molecular formula is C22H28N6O2. The highest BCUT2D eigenvalue weighted by Crippen LogP contribution is 2.28. The third-order valence-electron chi connectivity index (χ3n) is 5.63. The second-order valence-corrected chi connectivity index (χ2v) is 7.39. The lowest BCUT2D eigenvalue weighted by Gasteiger charge is -2.34. The first-order chi connectivity index (χ1) is 14.7. The van der Waals surface area contributed by atoms with Crippen molar-refractivity contribution in [2.24, 2.45) is 0 Å². The molecule has 30 heavy (non-hydrogen) atoms. The molecule has 1 aromatic carbocycles. The van der Waals surface area contributed by atoms with E-state index in [1.165, 1.54) is 0 Å². The molecule has 0 atom stereocenters. The normalized spacial score (nSPS) is 14.8. The summed E-state index contributed by atoms with van der Waals surface area (Å²) in [6.07, 6.45) is 4.84. The first kappa shape index (κ1) is 20.2. The summed E-state index contributed by atoms with van der Waals surface area (Å²) in [4.78, 5) is 21.6. The molecule has 1 amide bonds. The third-order valence-corrected chi connectivity index (χ3v) is 5.63. The molecule has 0 spiro atoms. The fourth-order valence-corrected chi connectivity index (χ4v) is 3.88. The number of carbonyl (C=O) groups excluding carboxylic acids is 1. The Morgan fingerprint density at radius 3 is 2.73 bits per heavy atom. The maximum absolute atomic E-state index is 12.9. The fourth-order valence-electron chi connectivity index (χ4n) is 3.88. The van der Waals surface area contributed by atoms with Crippen molar-refractivity contribution in [2.45, 2.75) is 19.9 Å². The summed E-state index contributed by atoms with van der Waals surface area (Å²) in [6, 6.07) is 9.47. The maximum Gasteiger partial charge on any atom is 0.271 e. The Labute approximate surface area is 176 Å². The smallest absolute Gasteiger partial charge is 0.271 e. The molecule has 3 aromatic rings. The molecule has 1 aliphatic rings. The Kier molecular flexibility index (Phi) is 6.13. The summed E-state index contributed by atoms with van der Waals surface area (Å²) in [6.45, 7) is 7.19. The lowest BCUT2D eigenvalue weighted by atomic mass is 10.1. The van der Waals surface area contributed by atoms with Crippen LogP contribution in [0, 0.1) is 0 Å². The van der Waals surface area contributed by atoms with E-state index in [1.54, 1.807) is 13.2 Å². The number of H-pyrrole nitrogens is 1. The van der Waals surface area contributed by atoms with E-state index in [2.05, 4.69) is 31.6 Å². The van der Waals surface area contributed by atoms with Crippen LogP contribution in [0.4, 0.5) is 0 Å². The molecule has 0 radical (unpaired) electrons. The number of nitrogens with one attached hydrogen (secondary N) is 1. The van der Waals surface area contributed by atoms with Crippen LogP contribution in [0.3, 0.4) is 0 Å². The topological polar surface area (TPSA) is 79.3 Å². The largest absolute Gasteiger partial charge is 0.496 e. The number of benzene rings is 1. The van der Waals surface area contributed by atoms with Crippen molar-refractivity contribution in [1.82, 2.24) is 29.5 Å². The molecule has 0 aliphatic carbocycles. The Hall–Kier alpha value is -3.13. The fraction of sp³-hybridized carbons (Fsp3) is 0.409. The zero-order chi connectivity index (χ0) is 20.9. The summed E-state index contributed by atoms with van der Waals surface area (Å²) in [7, 11) is 1.63. The number of hydrogen-bond donors (Lipinski definition) is 1. The van der Waals surface area contributed by atoms with E-state index in [4.69, 9.17) is 4.74 Å². The number of rotatable bonds is 7. The molecule has 1 fully saturated rings. The highest BCUT2D eigenvalue weighted by Gasteiger charge is 2.24. The Morgan fingerprint density at radius 2 is 1.97 bits per heavy atom. The molecular weight excluding hydrogens is 380 g/mol. The Morgan fingerprint density at radius 1 is 1.17 bits per heavy atom. The quantitative estimate of drug-likeness (QED) is 0.649. The minimum absolute atomic E-state index is 0.00817. The van der Waals surface area contributed by atoms with Gasteiger partial charge >= 0.3 is 0 Å². The number of carbonyl (C=O) groups is 1. The van der Waals surface area contributed by atoms with Gasteiger partial charge < -0.3 is 14.2 Å². The van der Waals surface area contributed by atoms with Gasteiger partial charge in [-0.1, -0.05) is 19.1 Å². The second kappa shape index (κ2) is 9.13. The summed E-state index contributed by atoms with van der Waals surface area (Å²) in [5.41, 5.74) is 2.09. The van der Waals surface area contributed by atoms with Gasteiger partial charge in [-0.3, -0.25) is 14.8 Å². The maximum atomic E-state index is 12.9. The number of hydrogen-bond acceptors (Lipinski definition) is 5. The van der Waals surface area contributed by atoms with Crippen molar-refractivity contribution in [3.8, 4) is 17.0 Å². The standard InChI is InChI=1S/C22H28N6O2/c1-3-21-23-8-9-27(21)13-10-26-11-14-28(15-12-26)22(29)19-16-18(24-25-19)17-6-4-5-7-20(17)30-2/h4-9,16H,3,10-15H2,1-2H3,(H,24,25). The van der Waals surface area contributed by atoms with Gasteiger partial charge in [0.15, 0.2) is 0 Å². The highest BCUT2D eigenvalue weighted by molar-refractivity contribution is 5.93. The Balaban J connectivity index is 1.33. The number of methoxy groups -OCH3 is 1. The number of piperazine rings is 1. The molecule has 1 N–H and O–H groups in total. The zero-order valence-corrected chi connectivity index (χ0v) is 17.5. The number of aromatic nitrogens is 4. The molecule has 1 saturated heterocycles. The molecule has 0 saturated carbocycles. The number of amides is 1. The van der Waals surface area contributed by atoms with Gasteiger partial charge in [-0.2, -0.15) is 5.10 Å². The number of para-hydroxylation sites is 1. The SMILES string of the molecule is CCc1nccn1CCN1CCN(C(=O)c2cc(-c3ccccc3OC)n[nH]2)CC1. The van der Waals surface area contributed by atoms with Gasteiger partial charge in [0.2, 0.25) is 0 Å². The first-order valence-electron chi connectivity index (χ1n) is 10.4. The minimum atomic E-state index is -0.00817. The molecule has 3 heterocycles. The summed E-state index contributed by atoms with van der Waals surface area (Å²) in [5.74, 6) is 1.85. The molecule has 1 aliphatic heterocycles. The zero-order valence-electron chi connectivity index (χ0n) is 17.5. The molecule has 8 heteroatoms. The van der Waals surface area contributed by atoms with Crippen LogP contribution in [-0.2, 0) is 13.0 Å². The highest BCUT2D eigenvalue weighted by atomic mass is 16.5. The summed E-state index contributed by atoms with van der Waals surface area (Å²) in [5, 5.41) is 7.23. The molecule has 158 valence electrons. The lowest BCUT2D eigenvalue weighted by molar-refractivity contribution is 0.0627.